The number of fused-ring (bicyclic) bond motifs is 1. The molecule has 0 bridgehead atoms. The van der Waals surface area contributed by atoms with Crippen LogP contribution in [0.4, 0.5) is 8.78 Å². The number of pyridine rings is 1. The largest absolute Gasteiger partial charge is 0.355 e. The number of aromatic nitrogens is 2. The molecule has 2 atom stereocenters. The van der Waals surface area contributed by atoms with Gasteiger partial charge in [-0.1, -0.05) is 12.1 Å². The first-order valence-corrected chi connectivity index (χ1v) is 8.27. The summed E-state index contributed by atoms with van der Waals surface area (Å²) in [4.78, 5) is 16.7. The summed E-state index contributed by atoms with van der Waals surface area (Å²) in [5.74, 6) is -1.96. The number of benzene rings is 1. The van der Waals surface area contributed by atoms with Crippen molar-refractivity contribution in [2.24, 2.45) is 5.92 Å². The number of carbonyl (C=O) groups excluding carboxylic acids is 1. The van der Waals surface area contributed by atoms with Crippen LogP contribution in [0.3, 0.4) is 0 Å². The maximum atomic E-state index is 13.3. The third-order valence-electron chi connectivity index (χ3n) is 4.59. The molecule has 1 aromatic carbocycles. The molecule has 128 valence electrons. The summed E-state index contributed by atoms with van der Waals surface area (Å²) in [6.45, 7) is 0.504. The van der Waals surface area contributed by atoms with E-state index in [9.17, 15) is 13.6 Å². The Balaban J connectivity index is 1.30. The molecular weight excluding hydrogens is 324 g/mol. The van der Waals surface area contributed by atoms with Crippen molar-refractivity contribution in [1.29, 1.82) is 0 Å². The number of nitrogens with one attached hydrogen (secondary N) is 1. The maximum absolute atomic E-state index is 13.3. The van der Waals surface area contributed by atoms with Gasteiger partial charge in [0.05, 0.1) is 5.69 Å². The average Bonchev–Trinajstić information content (AvgIpc) is 3.30. The molecule has 2 aromatic heterocycles. The first kappa shape index (κ1) is 15.7. The molecule has 25 heavy (non-hydrogen) atoms. The third-order valence-corrected chi connectivity index (χ3v) is 4.59. The number of imidazole rings is 1. The van der Waals surface area contributed by atoms with Crippen LogP contribution in [-0.2, 0) is 11.2 Å². The fraction of sp³-hybridized carbons (Fsp3) is 0.263. The van der Waals surface area contributed by atoms with E-state index in [1.54, 1.807) is 6.07 Å². The van der Waals surface area contributed by atoms with Gasteiger partial charge in [-0.3, -0.25) is 4.79 Å². The first-order chi connectivity index (χ1) is 12.1. The quantitative estimate of drug-likeness (QED) is 0.775. The Morgan fingerprint density at radius 2 is 2.12 bits per heavy atom. The molecule has 0 radical (unpaired) electrons. The number of hydrogen-bond donors (Lipinski definition) is 1. The zero-order valence-corrected chi connectivity index (χ0v) is 13.5. The van der Waals surface area contributed by atoms with Crippen molar-refractivity contribution in [3.63, 3.8) is 0 Å². The highest BCUT2D eigenvalue weighted by Gasteiger charge is 2.43. The molecule has 2 heterocycles. The Labute approximate surface area is 143 Å². The highest BCUT2D eigenvalue weighted by molar-refractivity contribution is 5.82. The zero-order valence-electron chi connectivity index (χ0n) is 13.5. The van der Waals surface area contributed by atoms with Gasteiger partial charge in [-0.05, 0) is 42.2 Å². The van der Waals surface area contributed by atoms with E-state index in [0.717, 1.165) is 17.4 Å². The van der Waals surface area contributed by atoms with Crippen molar-refractivity contribution >= 4 is 11.6 Å². The van der Waals surface area contributed by atoms with Crippen LogP contribution < -0.4 is 5.32 Å². The Bertz CT molecular complexity index is 904. The van der Waals surface area contributed by atoms with Crippen molar-refractivity contribution in [1.82, 2.24) is 14.7 Å². The second-order valence-electron chi connectivity index (χ2n) is 6.36. The zero-order chi connectivity index (χ0) is 17.4. The molecule has 1 fully saturated rings. The number of amides is 1. The first-order valence-electron chi connectivity index (χ1n) is 8.27. The predicted molar refractivity (Wildman–Crippen MR) is 89.1 cm³/mol. The van der Waals surface area contributed by atoms with Gasteiger partial charge in [-0.25, -0.2) is 13.8 Å². The van der Waals surface area contributed by atoms with E-state index in [-0.39, 0.29) is 17.7 Å². The van der Waals surface area contributed by atoms with E-state index in [2.05, 4.69) is 10.3 Å². The molecule has 4 nitrogen and oxygen atoms in total. The topological polar surface area (TPSA) is 46.4 Å². The summed E-state index contributed by atoms with van der Waals surface area (Å²) in [5, 5.41) is 2.91. The fourth-order valence-corrected chi connectivity index (χ4v) is 3.15. The summed E-state index contributed by atoms with van der Waals surface area (Å²) in [7, 11) is 0. The molecule has 3 aromatic rings. The number of nitrogens with zero attached hydrogens (tertiary/aromatic N) is 2. The number of rotatable bonds is 5. The molecule has 1 aliphatic rings. The smallest absolute Gasteiger partial charge is 0.223 e. The predicted octanol–water partition coefficient (Wildman–Crippen LogP) is 3.07. The molecule has 4 rings (SSSR count). The van der Waals surface area contributed by atoms with Crippen LogP contribution in [-0.4, -0.2) is 21.8 Å². The maximum Gasteiger partial charge on any atom is 0.223 e. The molecular formula is C19H17F2N3O. The fourth-order valence-electron chi connectivity index (χ4n) is 3.15. The monoisotopic (exact) mass is 341 g/mol. The van der Waals surface area contributed by atoms with Gasteiger partial charge in [0.2, 0.25) is 5.91 Å². The Kier molecular flexibility index (Phi) is 3.95. The minimum absolute atomic E-state index is 0.0229. The summed E-state index contributed by atoms with van der Waals surface area (Å²) in [6, 6.07) is 9.64. The number of hydrogen-bond acceptors (Lipinski definition) is 2. The van der Waals surface area contributed by atoms with E-state index in [0.29, 0.717) is 24.9 Å². The van der Waals surface area contributed by atoms with E-state index >= 15 is 0 Å². The van der Waals surface area contributed by atoms with Gasteiger partial charge in [-0.15, -0.1) is 0 Å². The SMILES string of the molecule is O=C(NCCc1cn2ccccc2n1)[C@@H]1C[C@H]1c1ccc(F)c(F)c1. The van der Waals surface area contributed by atoms with Crippen molar-refractivity contribution < 1.29 is 13.6 Å². The van der Waals surface area contributed by atoms with Gasteiger partial charge >= 0.3 is 0 Å². The normalized spacial score (nSPS) is 19.1. The van der Waals surface area contributed by atoms with E-state index < -0.39 is 11.6 Å². The lowest BCUT2D eigenvalue weighted by Crippen LogP contribution is -2.27. The molecule has 1 amide bonds. The summed E-state index contributed by atoms with van der Waals surface area (Å²) in [6.07, 6.45) is 5.20. The molecule has 0 aliphatic heterocycles. The van der Waals surface area contributed by atoms with Crippen LogP contribution in [0.1, 0.15) is 23.6 Å². The molecule has 0 unspecified atom stereocenters. The van der Waals surface area contributed by atoms with Crippen LogP contribution in [0.2, 0.25) is 0 Å². The molecule has 1 aliphatic carbocycles. The van der Waals surface area contributed by atoms with Crippen molar-refractivity contribution in [3.8, 4) is 0 Å². The van der Waals surface area contributed by atoms with E-state index in [4.69, 9.17) is 0 Å². The number of halogens is 2. The Morgan fingerprint density at radius 1 is 1.24 bits per heavy atom. The average molecular weight is 341 g/mol. The second kappa shape index (κ2) is 6.27. The van der Waals surface area contributed by atoms with Gasteiger partial charge < -0.3 is 9.72 Å². The van der Waals surface area contributed by atoms with Crippen LogP contribution in [0.15, 0.2) is 48.8 Å². The van der Waals surface area contributed by atoms with Crippen LogP contribution in [0, 0.1) is 17.6 Å². The second-order valence-corrected chi connectivity index (χ2v) is 6.36. The summed E-state index contributed by atoms with van der Waals surface area (Å²) in [5.41, 5.74) is 2.48. The molecule has 1 N–H and O–H groups in total. The summed E-state index contributed by atoms with van der Waals surface area (Å²) >= 11 is 0. The molecule has 1 saturated carbocycles. The van der Waals surface area contributed by atoms with Gasteiger partial charge in [0.25, 0.3) is 0 Å². The Morgan fingerprint density at radius 3 is 2.92 bits per heavy atom. The van der Waals surface area contributed by atoms with Gasteiger partial charge in [0, 0.05) is 31.3 Å². The molecule has 0 saturated heterocycles. The molecule has 0 spiro atoms. The minimum Gasteiger partial charge on any atom is -0.355 e. The standard InChI is InChI=1S/C19H17F2N3O/c20-16-5-4-12(9-17(16)21)14-10-15(14)19(25)22-7-6-13-11-24-8-2-1-3-18(24)23-13/h1-5,8-9,11,14-15H,6-7,10H2,(H,22,25)/t14-,15+/m0/s1. The summed E-state index contributed by atoms with van der Waals surface area (Å²) < 4.78 is 28.2. The van der Waals surface area contributed by atoms with Crippen molar-refractivity contribution in [2.75, 3.05) is 6.54 Å². The van der Waals surface area contributed by atoms with Crippen LogP contribution in [0.5, 0.6) is 0 Å². The lowest BCUT2D eigenvalue weighted by Gasteiger charge is -2.04. The lowest BCUT2D eigenvalue weighted by atomic mass is 10.1. The highest BCUT2D eigenvalue weighted by atomic mass is 19.2. The van der Waals surface area contributed by atoms with Crippen LogP contribution >= 0.6 is 0 Å². The highest BCUT2D eigenvalue weighted by Crippen LogP contribution is 2.47. The third kappa shape index (κ3) is 3.24. The van der Waals surface area contributed by atoms with Gasteiger partial charge in [0.1, 0.15) is 5.65 Å². The van der Waals surface area contributed by atoms with Gasteiger partial charge in [0.15, 0.2) is 11.6 Å². The van der Waals surface area contributed by atoms with Crippen molar-refractivity contribution in [3.05, 3.63) is 71.7 Å². The van der Waals surface area contributed by atoms with Gasteiger partial charge in [-0.2, -0.15) is 0 Å². The van der Waals surface area contributed by atoms with E-state index in [1.165, 1.54) is 6.07 Å². The number of carbonyl (C=O) groups is 1. The lowest BCUT2D eigenvalue weighted by molar-refractivity contribution is -0.122. The van der Waals surface area contributed by atoms with Crippen molar-refractivity contribution in [2.45, 2.75) is 18.8 Å². The minimum atomic E-state index is -0.865. The molecule has 6 heteroatoms. The van der Waals surface area contributed by atoms with Crippen LogP contribution in [0.25, 0.3) is 5.65 Å². The Hall–Kier alpha value is -2.76. The van der Waals surface area contributed by atoms with E-state index in [1.807, 2.05) is 35.0 Å².